The van der Waals surface area contributed by atoms with E-state index in [-0.39, 0.29) is 0 Å². The first-order valence-electron chi connectivity index (χ1n) is 6.57. The van der Waals surface area contributed by atoms with Crippen LogP contribution in [0.15, 0.2) is 54.6 Å². The van der Waals surface area contributed by atoms with Gasteiger partial charge in [-0.2, -0.15) is 0 Å². The number of rotatable bonds is 4. The molecule has 0 fully saturated rings. The van der Waals surface area contributed by atoms with Crippen LogP contribution < -0.4 is 0 Å². The van der Waals surface area contributed by atoms with Crippen LogP contribution in [0.5, 0.6) is 0 Å². The summed E-state index contributed by atoms with van der Waals surface area (Å²) in [7, 11) is 0. The number of hydrogen-bond acceptors (Lipinski definition) is 2. The van der Waals surface area contributed by atoms with Gasteiger partial charge < -0.3 is 0 Å². The van der Waals surface area contributed by atoms with Gasteiger partial charge in [-0.3, -0.25) is 4.57 Å². The molecule has 0 unspecified atom stereocenters. The summed E-state index contributed by atoms with van der Waals surface area (Å²) >= 11 is 12.2. The molecular weight excluding hydrogens is 305 g/mol. The highest BCUT2D eigenvalue weighted by molar-refractivity contribution is 6.31. The lowest BCUT2D eigenvalue weighted by Crippen LogP contribution is -2.05. The SMILES string of the molecule is ClCc1nnc(Cc2ccccc2Cl)n1-c1ccccc1. The van der Waals surface area contributed by atoms with Gasteiger partial charge in [0.1, 0.15) is 5.82 Å². The average molecular weight is 318 g/mol. The highest BCUT2D eigenvalue weighted by Crippen LogP contribution is 2.21. The van der Waals surface area contributed by atoms with Gasteiger partial charge in [0, 0.05) is 17.1 Å². The highest BCUT2D eigenvalue weighted by atomic mass is 35.5. The van der Waals surface area contributed by atoms with Gasteiger partial charge in [0.2, 0.25) is 0 Å². The van der Waals surface area contributed by atoms with Gasteiger partial charge in [0.15, 0.2) is 5.82 Å². The molecule has 0 spiro atoms. The molecule has 0 aliphatic carbocycles. The van der Waals surface area contributed by atoms with Crippen molar-refractivity contribution in [1.82, 2.24) is 14.8 Å². The molecule has 0 bridgehead atoms. The van der Waals surface area contributed by atoms with Crippen molar-refractivity contribution < 1.29 is 0 Å². The van der Waals surface area contributed by atoms with Crippen LogP contribution in [0.4, 0.5) is 0 Å². The van der Waals surface area contributed by atoms with Gasteiger partial charge in [-0.05, 0) is 23.8 Å². The summed E-state index contributed by atoms with van der Waals surface area (Å²) < 4.78 is 1.98. The van der Waals surface area contributed by atoms with Crippen molar-refractivity contribution >= 4 is 23.2 Å². The number of para-hydroxylation sites is 1. The van der Waals surface area contributed by atoms with Crippen LogP contribution in [0.2, 0.25) is 5.02 Å². The molecule has 3 aromatic rings. The minimum atomic E-state index is 0.310. The molecule has 5 heteroatoms. The Hall–Kier alpha value is -1.84. The Bertz CT molecular complexity index is 738. The predicted molar refractivity (Wildman–Crippen MR) is 85.2 cm³/mol. The lowest BCUT2D eigenvalue weighted by Gasteiger charge is -2.10. The topological polar surface area (TPSA) is 30.7 Å². The summed E-state index contributed by atoms with van der Waals surface area (Å²) in [6, 6.07) is 17.7. The second-order valence-electron chi connectivity index (χ2n) is 4.61. The van der Waals surface area contributed by atoms with E-state index >= 15 is 0 Å². The summed E-state index contributed by atoms with van der Waals surface area (Å²) in [6.07, 6.45) is 0.610. The first kappa shape index (κ1) is 14.1. The first-order valence-corrected chi connectivity index (χ1v) is 7.49. The Kier molecular flexibility index (Phi) is 4.23. The van der Waals surface area contributed by atoms with E-state index in [9.17, 15) is 0 Å². The van der Waals surface area contributed by atoms with Gasteiger partial charge in [0.25, 0.3) is 0 Å². The molecule has 1 aromatic heterocycles. The Morgan fingerprint density at radius 2 is 1.52 bits per heavy atom. The largest absolute Gasteiger partial charge is 0.282 e. The molecule has 1 heterocycles. The van der Waals surface area contributed by atoms with Crippen molar-refractivity contribution in [3.05, 3.63) is 76.8 Å². The van der Waals surface area contributed by atoms with Crippen molar-refractivity contribution in [3.8, 4) is 5.69 Å². The third-order valence-electron chi connectivity index (χ3n) is 3.24. The zero-order chi connectivity index (χ0) is 14.7. The van der Waals surface area contributed by atoms with E-state index in [0.717, 1.165) is 27.9 Å². The summed E-state index contributed by atoms with van der Waals surface area (Å²) in [4.78, 5) is 0. The number of nitrogens with zero attached hydrogens (tertiary/aromatic N) is 3. The normalized spacial score (nSPS) is 10.8. The Morgan fingerprint density at radius 1 is 0.857 bits per heavy atom. The van der Waals surface area contributed by atoms with Crippen molar-refractivity contribution in [2.24, 2.45) is 0 Å². The van der Waals surface area contributed by atoms with Crippen LogP contribution in [0.1, 0.15) is 17.2 Å². The molecular formula is C16H13Cl2N3. The van der Waals surface area contributed by atoms with Crippen LogP contribution in [0.25, 0.3) is 5.69 Å². The van der Waals surface area contributed by atoms with E-state index < -0.39 is 0 Å². The van der Waals surface area contributed by atoms with E-state index in [0.29, 0.717) is 12.3 Å². The van der Waals surface area contributed by atoms with Gasteiger partial charge >= 0.3 is 0 Å². The standard InChI is InChI=1S/C16H13Cl2N3/c17-11-16-20-19-15(10-12-6-4-5-9-14(12)18)21(16)13-7-2-1-3-8-13/h1-9H,10-11H2. The molecule has 0 aliphatic heterocycles. The predicted octanol–water partition coefficient (Wildman–Crippen LogP) is 4.25. The van der Waals surface area contributed by atoms with Gasteiger partial charge in [0.05, 0.1) is 5.88 Å². The van der Waals surface area contributed by atoms with Crippen LogP contribution in [-0.2, 0) is 12.3 Å². The van der Waals surface area contributed by atoms with E-state index in [1.165, 1.54) is 0 Å². The Morgan fingerprint density at radius 3 is 2.24 bits per heavy atom. The fraction of sp³-hybridized carbons (Fsp3) is 0.125. The second kappa shape index (κ2) is 6.29. The van der Waals surface area contributed by atoms with Crippen LogP contribution in [0.3, 0.4) is 0 Å². The smallest absolute Gasteiger partial charge is 0.152 e. The van der Waals surface area contributed by atoms with E-state index in [1.54, 1.807) is 0 Å². The average Bonchev–Trinajstić information content (AvgIpc) is 2.93. The minimum Gasteiger partial charge on any atom is -0.282 e. The lowest BCUT2D eigenvalue weighted by molar-refractivity contribution is 0.886. The molecule has 3 nitrogen and oxygen atoms in total. The third kappa shape index (κ3) is 2.94. The quantitative estimate of drug-likeness (QED) is 0.673. The van der Waals surface area contributed by atoms with Crippen LogP contribution in [-0.4, -0.2) is 14.8 Å². The number of aromatic nitrogens is 3. The molecule has 0 radical (unpaired) electrons. The number of benzene rings is 2. The van der Waals surface area contributed by atoms with Crippen LogP contribution >= 0.6 is 23.2 Å². The maximum atomic E-state index is 6.23. The fourth-order valence-corrected chi connectivity index (χ4v) is 2.62. The molecule has 21 heavy (non-hydrogen) atoms. The Labute approximate surface area is 133 Å². The zero-order valence-corrected chi connectivity index (χ0v) is 12.7. The third-order valence-corrected chi connectivity index (χ3v) is 3.85. The highest BCUT2D eigenvalue weighted by Gasteiger charge is 2.14. The van der Waals surface area contributed by atoms with Crippen molar-refractivity contribution in [3.63, 3.8) is 0 Å². The second-order valence-corrected chi connectivity index (χ2v) is 5.28. The molecule has 106 valence electrons. The van der Waals surface area contributed by atoms with Gasteiger partial charge in [-0.25, -0.2) is 0 Å². The van der Waals surface area contributed by atoms with E-state index in [2.05, 4.69) is 10.2 Å². The van der Waals surface area contributed by atoms with Crippen LogP contribution in [0, 0.1) is 0 Å². The van der Waals surface area contributed by atoms with E-state index in [4.69, 9.17) is 23.2 Å². The van der Waals surface area contributed by atoms with Crippen molar-refractivity contribution in [1.29, 1.82) is 0 Å². The molecule has 0 aliphatic rings. The molecule has 3 rings (SSSR count). The van der Waals surface area contributed by atoms with Crippen molar-refractivity contribution in [2.45, 2.75) is 12.3 Å². The molecule has 0 amide bonds. The zero-order valence-electron chi connectivity index (χ0n) is 11.2. The first-order chi connectivity index (χ1) is 10.3. The van der Waals surface area contributed by atoms with Gasteiger partial charge in [-0.15, -0.1) is 21.8 Å². The maximum Gasteiger partial charge on any atom is 0.152 e. The summed E-state index contributed by atoms with van der Waals surface area (Å²) in [5.74, 6) is 1.86. The summed E-state index contributed by atoms with van der Waals surface area (Å²) in [5, 5.41) is 9.17. The van der Waals surface area contributed by atoms with Gasteiger partial charge in [-0.1, -0.05) is 48.0 Å². The number of halogens is 2. The number of alkyl halides is 1. The van der Waals surface area contributed by atoms with Crippen molar-refractivity contribution in [2.75, 3.05) is 0 Å². The summed E-state index contributed by atoms with van der Waals surface area (Å²) in [5.41, 5.74) is 2.02. The molecule has 2 aromatic carbocycles. The number of hydrogen-bond donors (Lipinski definition) is 0. The monoisotopic (exact) mass is 317 g/mol. The Balaban J connectivity index is 2.04. The van der Waals surface area contributed by atoms with E-state index in [1.807, 2.05) is 59.2 Å². The minimum absolute atomic E-state index is 0.310. The molecule has 0 saturated heterocycles. The maximum absolute atomic E-state index is 6.23. The molecule has 0 saturated carbocycles. The fourth-order valence-electron chi connectivity index (χ4n) is 2.24. The molecule has 0 N–H and O–H groups in total. The molecule has 0 atom stereocenters. The summed E-state index contributed by atoms with van der Waals surface area (Å²) in [6.45, 7) is 0. The lowest BCUT2D eigenvalue weighted by atomic mass is 10.1.